The van der Waals surface area contributed by atoms with E-state index in [0.29, 0.717) is 63.1 Å². The van der Waals surface area contributed by atoms with Crippen LogP contribution in [0, 0.1) is 0 Å². The molecule has 3 heterocycles. The summed E-state index contributed by atoms with van der Waals surface area (Å²) < 4.78 is 40.2. The summed E-state index contributed by atoms with van der Waals surface area (Å²) in [5.41, 5.74) is 0.390. The predicted molar refractivity (Wildman–Crippen MR) is 152 cm³/mol. The number of amides is 4. The maximum Gasteiger partial charge on any atom is 0.315 e. The van der Waals surface area contributed by atoms with Gasteiger partial charge in [-0.2, -0.15) is 0 Å². The van der Waals surface area contributed by atoms with Crippen LogP contribution in [-0.4, -0.2) is 103 Å². The van der Waals surface area contributed by atoms with Gasteiger partial charge in [-0.25, -0.2) is 13.6 Å². The molecule has 0 spiro atoms. The Labute approximate surface area is 245 Å². The summed E-state index contributed by atoms with van der Waals surface area (Å²) in [5, 5.41) is 8.84. The average Bonchev–Trinajstić information content (AvgIpc) is 2.95. The second-order valence-corrected chi connectivity index (χ2v) is 12.2. The van der Waals surface area contributed by atoms with Gasteiger partial charge >= 0.3 is 6.03 Å². The Morgan fingerprint density at radius 3 is 2.60 bits per heavy atom. The molecule has 1 saturated carbocycles. The number of benzene rings is 1. The van der Waals surface area contributed by atoms with Gasteiger partial charge in [0, 0.05) is 57.5 Å². The van der Waals surface area contributed by atoms with Gasteiger partial charge in [0.05, 0.1) is 30.4 Å². The molecule has 3 fully saturated rings. The van der Waals surface area contributed by atoms with Crippen molar-refractivity contribution in [1.82, 2.24) is 25.8 Å². The number of urea groups is 1. The van der Waals surface area contributed by atoms with Crippen LogP contribution in [-0.2, 0) is 9.53 Å². The number of ether oxygens (including phenoxy) is 2. The second-order valence-electron chi connectivity index (χ2n) is 12.2. The Balaban J connectivity index is 1.37. The van der Waals surface area contributed by atoms with Crippen molar-refractivity contribution in [3.05, 3.63) is 29.8 Å². The van der Waals surface area contributed by atoms with Gasteiger partial charge < -0.3 is 30.3 Å². The van der Waals surface area contributed by atoms with Crippen molar-refractivity contribution >= 4 is 17.8 Å². The van der Waals surface area contributed by atoms with E-state index in [1.807, 2.05) is 19.9 Å². The Hall–Kier alpha value is -2.99. The van der Waals surface area contributed by atoms with Crippen molar-refractivity contribution in [2.45, 2.75) is 101 Å². The monoisotopic (exact) mass is 591 g/mol. The highest BCUT2D eigenvalue weighted by Crippen LogP contribution is 2.36. The first-order valence-corrected chi connectivity index (χ1v) is 15.2. The number of nitrogens with zero attached hydrogens (tertiary/aromatic N) is 2. The van der Waals surface area contributed by atoms with Crippen LogP contribution in [0.3, 0.4) is 0 Å². The number of alkyl halides is 2. The molecule has 2 saturated heterocycles. The lowest BCUT2D eigenvalue weighted by Crippen LogP contribution is -2.63. The molecule has 12 heteroatoms. The smallest absolute Gasteiger partial charge is 0.315 e. The second kappa shape index (κ2) is 13.1. The predicted octanol–water partition coefficient (Wildman–Crippen LogP) is 2.91. The number of carbonyl (C=O) groups is 3. The normalized spacial score (nSPS) is 29.4. The molecule has 4 atom stereocenters. The maximum absolute atomic E-state index is 13.9. The van der Waals surface area contributed by atoms with Crippen molar-refractivity contribution in [2.24, 2.45) is 0 Å². The number of rotatable bonds is 3. The molecule has 3 N–H and O–H groups in total. The molecule has 2 bridgehead atoms. The number of fused-ring (bicyclic) bond motifs is 4. The third kappa shape index (κ3) is 7.31. The minimum Gasteiger partial charge on any atom is -0.493 e. The number of para-hydroxylation sites is 1. The Morgan fingerprint density at radius 2 is 1.83 bits per heavy atom. The first-order valence-electron chi connectivity index (χ1n) is 15.2. The highest BCUT2D eigenvalue weighted by atomic mass is 19.3. The zero-order chi connectivity index (χ0) is 29.9. The van der Waals surface area contributed by atoms with Crippen molar-refractivity contribution in [3.8, 4) is 5.75 Å². The third-order valence-electron chi connectivity index (χ3n) is 8.82. The van der Waals surface area contributed by atoms with E-state index in [2.05, 4.69) is 20.9 Å². The summed E-state index contributed by atoms with van der Waals surface area (Å²) in [6.45, 7) is 5.32. The molecule has 5 rings (SSSR count). The molecular weight excluding hydrogens is 548 g/mol. The van der Waals surface area contributed by atoms with Crippen molar-refractivity contribution in [1.29, 1.82) is 0 Å². The summed E-state index contributed by atoms with van der Waals surface area (Å²) in [5.74, 6) is -2.82. The molecule has 1 aliphatic carbocycles. The molecule has 0 unspecified atom stereocenters. The van der Waals surface area contributed by atoms with E-state index in [-0.39, 0.29) is 68.0 Å². The van der Waals surface area contributed by atoms with E-state index >= 15 is 0 Å². The third-order valence-corrected chi connectivity index (χ3v) is 8.82. The molecule has 3 aliphatic heterocycles. The molecule has 1 aromatic rings. The van der Waals surface area contributed by atoms with Gasteiger partial charge in [-0.05, 0) is 51.7 Å². The van der Waals surface area contributed by atoms with Crippen LogP contribution in [0.25, 0.3) is 0 Å². The zero-order valence-corrected chi connectivity index (χ0v) is 24.5. The van der Waals surface area contributed by atoms with E-state index in [1.165, 1.54) is 0 Å². The highest BCUT2D eigenvalue weighted by Gasteiger charge is 2.43. The van der Waals surface area contributed by atoms with E-state index in [9.17, 15) is 23.2 Å². The van der Waals surface area contributed by atoms with Crippen LogP contribution in [0.2, 0.25) is 0 Å². The van der Waals surface area contributed by atoms with E-state index in [0.717, 1.165) is 0 Å². The van der Waals surface area contributed by atoms with Crippen molar-refractivity contribution in [3.63, 3.8) is 0 Å². The van der Waals surface area contributed by atoms with Gasteiger partial charge in [-0.3, -0.25) is 14.5 Å². The average molecular weight is 592 g/mol. The number of halogens is 2. The summed E-state index contributed by atoms with van der Waals surface area (Å²) in [4.78, 5) is 43.8. The fourth-order valence-corrected chi connectivity index (χ4v) is 6.54. The summed E-state index contributed by atoms with van der Waals surface area (Å²) in [7, 11) is 0. The van der Waals surface area contributed by atoms with Crippen molar-refractivity contribution < 1.29 is 32.6 Å². The van der Waals surface area contributed by atoms with Crippen LogP contribution in [0.5, 0.6) is 5.75 Å². The van der Waals surface area contributed by atoms with Gasteiger partial charge in [-0.15, -0.1) is 0 Å². The standard InChI is InChI=1S/C30H43F2N5O5/c1-19(2)34-29(40)35-23-8-7-21-11-16-41-25-6-4-3-5-22(25)28(39)37-15-14-36(20-9-12-30(31,32)13-10-20)18-24(37)27(38)33-17-26(23)42-21/h3-6,19-21,23-24,26H,7-18H2,1-2H3,(H,33,38)(H2,34,35,40)/t21-,23+,24-,26+/m0/s1. The number of hydrogen-bond donors (Lipinski definition) is 3. The molecule has 0 radical (unpaired) electrons. The topological polar surface area (TPSA) is 112 Å². The van der Waals surface area contributed by atoms with Crippen LogP contribution < -0.4 is 20.7 Å². The number of nitrogens with one attached hydrogen (secondary N) is 3. The first-order chi connectivity index (χ1) is 20.1. The molecule has 10 nitrogen and oxygen atoms in total. The van der Waals surface area contributed by atoms with Gasteiger partial charge in [0.2, 0.25) is 11.8 Å². The molecular formula is C30H43F2N5O5. The first kappa shape index (κ1) is 30.5. The molecule has 232 valence electrons. The summed E-state index contributed by atoms with van der Waals surface area (Å²) >= 11 is 0. The van der Waals surface area contributed by atoms with Gasteiger partial charge in [0.1, 0.15) is 11.8 Å². The van der Waals surface area contributed by atoms with Crippen molar-refractivity contribution in [2.75, 3.05) is 32.8 Å². The summed E-state index contributed by atoms with van der Waals surface area (Å²) in [6.07, 6.45) is 1.77. The maximum atomic E-state index is 13.9. The van der Waals surface area contributed by atoms with Gasteiger partial charge in [-0.1, -0.05) is 12.1 Å². The Bertz CT molecular complexity index is 1130. The van der Waals surface area contributed by atoms with E-state index < -0.39 is 18.1 Å². The Morgan fingerprint density at radius 1 is 1.07 bits per heavy atom. The van der Waals surface area contributed by atoms with Crippen LogP contribution in [0.1, 0.15) is 69.2 Å². The lowest BCUT2D eigenvalue weighted by atomic mass is 9.90. The molecule has 0 aromatic heterocycles. The zero-order valence-electron chi connectivity index (χ0n) is 24.5. The number of piperazine rings is 1. The van der Waals surface area contributed by atoms with E-state index in [4.69, 9.17) is 9.47 Å². The highest BCUT2D eigenvalue weighted by molar-refractivity contribution is 6.00. The Kier molecular flexibility index (Phi) is 9.51. The van der Waals surface area contributed by atoms with Crippen LogP contribution in [0.4, 0.5) is 13.6 Å². The number of carbonyl (C=O) groups excluding carboxylic acids is 3. The molecule has 42 heavy (non-hydrogen) atoms. The quantitative estimate of drug-likeness (QED) is 0.499. The largest absolute Gasteiger partial charge is 0.493 e. The lowest BCUT2D eigenvalue weighted by molar-refractivity contribution is -0.131. The lowest BCUT2D eigenvalue weighted by Gasteiger charge is -2.45. The van der Waals surface area contributed by atoms with Gasteiger partial charge in [0.25, 0.3) is 5.91 Å². The van der Waals surface area contributed by atoms with Gasteiger partial charge in [0.15, 0.2) is 0 Å². The van der Waals surface area contributed by atoms with Crippen LogP contribution in [0.15, 0.2) is 24.3 Å². The fraction of sp³-hybridized carbons (Fsp3) is 0.700. The minimum absolute atomic E-state index is 0.0286. The molecule has 4 amide bonds. The fourth-order valence-electron chi connectivity index (χ4n) is 6.54. The SMILES string of the molecule is CC(C)NC(=O)N[C@@H]1CC[C@H]2CCOc3ccccc3C(=O)N3CCN(C4CCC(F)(F)CC4)C[C@H]3C(=O)NC[C@H]1O2. The molecule has 1 aromatic carbocycles. The minimum atomic E-state index is -2.64. The number of hydrogen-bond acceptors (Lipinski definition) is 6. The summed E-state index contributed by atoms with van der Waals surface area (Å²) in [6, 6.07) is 5.53. The molecule has 4 aliphatic rings. The van der Waals surface area contributed by atoms with E-state index in [1.54, 1.807) is 23.1 Å². The van der Waals surface area contributed by atoms with Crippen LogP contribution >= 0.6 is 0 Å².